The molecule has 0 N–H and O–H groups in total. The van der Waals surface area contributed by atoms with E-state index in [9.17, 15) is 9.59 Å². The van der Waals surface area contributed by atoms with E-state index in [4.69, 9.17) is 20.9 Å². The summed E-state index contributed by atoms with van der Waals surface area (Å²) >= 11 is 1.28. The molecule has 3 aromatic carbocycles. The summed E-state index contributed by atoms with van der Waals surface area (Å²) in [5, 5.41) is 1.95. The Bertz CT molecular complexity index is 1760. The van der Waals surface area contributed by atoms with E-state index in [0.717, 1.165) is 21.9 Å². The Morgan fingerprint density at radius 3 is 2.62 bits per heavy atom. The lowest BCUT2D eigenvalue weighted by molar-refractivity contribution is -0.136. The van der Waals surface area contributed by atoms with Crippen LogP contribution in [0.2, 0.25) is 0 Å². The normalized spacial score (nSPS) is 15.2. The zero-order valence-corrected chi connectivity index (χ0v) is 21.2. The summed E-state index contributed by atoms with van der Waals surface area (Å²) in [6.45, 7) is 2.04. The smallest absolute Gasteiger partial charge is 0.338 e. The predicted molar refractivity (Wildman–Crippen MR) is 145 cm³/mol. The molecule has 4 aromatic rings. The summed E-state index contributed by atoms with van der Waals surface area (Å²) in [6.07, 6.45) is 7.78. The highest BCUT2D eigenvalue weighted by atomic mass is 32.1. The number of aromatic nitrogens is 1. The van der Waals surface area contributed by atoms with Crippen molar-refractivity contribution in [1.82, 2.24) is 4.57 Å². The number of hydrogen-bond donors (Lipinski definition) is 0. The molecule has 0 spiro atoms. The molecule has 0 saturated carbocycles. The van der Waals surface area contributed by atoms with Gasteiger partial charge in [-0.15, -0.1) is 6.42 Å². The molecule has 184 valence electrons. The van der Waals surface area contributed by atoms with E-state index < -0.39 is 12.0 Å². The maximum absolute atomic E-state index is 13.9. The Balaban J connectivity index is 1.80. The summed E-state index contributed by atoms with van der Waals surface area (Å²) < 4.78 is 13.0. The van der Waals surface area contributed by atoms with E-state index >= 15 is 0 Å². The van der Waals surface area contributed by atoms with E-state index in [1.54, 1.807) is 4.57 Å². The van der Waals surface area contributed by atoms with Crippen molar-refractivity contribution in [3.05, 3.63) is 109 Å². The van der Waals surface area contributed by atoms with Crippen LogP contribution in [0.5, 0.6) is 5.75 Å². The van der Waals surface area contributed by atoms with Crippen LogP contribution in [0.25, 0.3) is 16.8 Å². The maximum atomic E-state index is 13.9. The van der Waals surface area contributed by atoms with Gasteiger partial charge in [0.25, 0.3) is 5.56 Å². The van der Waals surface area contributed by atoms with Gasteiger partial charge < -0.3 is 9.47 Å². The number of carbonyl (C=O) groups is 1. The molecule has 5 rings (SSSR count). The second kappa shape index (κ2) is 10.3. The van der Waals surface area contributed by atoms with Crippen LogP contribution in [0.3, 0.4) is 0 Å². The van der Waals surface area contributed by atoms with Crippen molar-refractivity contribution in [3.8, 4) is 18.1 Å². The molecule has 0 amide bonds. The van der Waals surface area contributed by atoms with Crippen LogP contribution < -0.4 is 19.6 Å². The van der Waals surface area contributed by atoms with Gasteiger partial charge in [-0.3, -0.25) is 9.36 Å². The van der Waals surface area contributed by atoms with Gasteiger partial charge in [-0.25, -0.2) is 9.79 Å². The largest absolute Gasteiger partial charge is 0.480 e. The van der Waals surface area contributed by atoms with Gasteiger partial charge in [0.15, 0.2) is 4.80 Å². The van der Waals surface area contributed by atoms with Crippen LogP contribution in [0.15, 0.2) is 87.8 Å². The lowest BCUT2D eigenvalue weighted by Gasteiger charge is -2.25. The molecule has 0 saturated heterocycles. The fraction of sp³-hybridized carbons (Fsp3) is 0.167. The average molecular weight is 509 g/mol. The highest BCUT2D eigenvalue weighted by molar-refractivity contribution is 7.07. The molecule has 2 heterocycles. The number of terminal acetylenes is 1. The minimum absolute atomic E-state index is 0.108. The molecule has 0 radical (unpaired) electrons. The first-order chi connectivity index (χ1) is 18.1. The second-order valence-corrected chi connectivity index (χ2v) is 9.40. The van der Waals surface area contributed by atoms with Gasteiger partial charge in [0.1, 0.15) is 12.4 Å². The number of benzene rings is 3. The van der Waals surface area contributed by atoms with Crippen molar-refractivity contribution in [2.75, 3.05) is 13.7 Å². The number of methoxy groups -OCH3 is 1. The molecule has 37 heavy (non-hydrogen) atoms. The number of thiazole rings is 1. The maximum Gasteiger partial charge on any atom is 0.338 e. The van der Waals surface area contributed by atoms with E-state index in [-0.39, 0.29) is 12.2 Å². The van der Waals surface area contributed by atoms with Gasteiger partial charge in [0, 0.05) is 5.56 Å². The summed E-state index contributed by atoms with van der Waals surface area (Å²) in [7, 11) is 1.34. The van der Waals surface area contributed by atoms with Crippen molar-refractivity contribution in [3.63, 3.8) is 0 Å². The molecule has 1 aliphatic heterocycles. The standard InChI is InChI=1S/C30H24N2O4S/c1-4-17-36-24-16-15-19-11-9-10-14-21(19)22(24)18-25-28(33)32-27(20-12-7-6-8-13-20)26(29(34)35-3)23(5-2)31-30(32)37-25/h1,6-16,18,27H,5,17H2,2-3H3/b25-18+/t27-/m1/s1. The van der Waals surface area contributed by atoms with Gasteiger partial charge in [-0.2, -0.15) is 0 Å². The van der Waals surface area contributed by atoms with E-state index in [2.05, 4.69) is 5.92 Å². The van der Waals surface area contributed by atoms with Crippen LogP contribution in [-0.2, 0) is 9.53 Å². The van der Waals surface area contributed by atoms with E-state index in [1.165, 1.54) is 18.4 Å². The molecule has 7 heteroatoms. The van der Waals surface area contributed by atoms with Gasteiger partial charge in [0.05, 0.1) is 29.0 Å². The van der Waals surface area contributed by atoms with Crippen LogP contribution in [0.4, 0.5) is 0 Å². The molecular formula is C30H24N2O4S. The number of esters is 1. The molecule has 0 bridgehead atoms. The molecule has 0 unspecified atom stereocenters. The Kier molecular flexibility index (Phi) is 6.76. The SMILES string of the molecule is C#CCOc1ccc2ccccc2c1/C=c1/sc2n(c1=O)[C@H](c1ccccc1)C(C(=O)OC)=C(CC)N=2. The first-order valence-electron chi connectivity index (χ1n) is 11.8. The number of nitrogens with zero attached hydrogens (tertiary/aromatic N) is 2. The predicted octanol–water partition coefficient (Wildman–Crippen LogP) is 3.96. The molecule has 0 aliphatic carbocycles. The molecule has 1 atom stereocenters. The zero-order chi connectivity index (χ0) is 25.9. The van der Waals surface area contributed by atoms with Crippen LogP contribution in [0.1, 0.15) is 30.5 Å². The summed E-state index contributed by atoms with van der Waals surface area (Å²) in [5.41, 5.74) is 2.30. The lowest BCUT2D eigenvalue weighted by atomic mass is 9.95. The minimum Gasteiger partial charge on any atom is -0.480 e. The summed E-state index contributed by atoms with van der Waals surface area (Å²) in [5.74, 6) is 2.59. The van der Waals surface area contributed by atoms with Crippen molar-refractivity contribution in [2.24, 2.45) is 4.99 Å². The number of hydrogen-bond acceptors (Lipinski definition) is 6. The second-order valence-electron chi connectivity index (χ2n) is 8.39. The Labute approximate surface area is 217 Å². The van der Waals surface area contributed by atoms with E-state index in [1.807, 2.05) is 79.7 Å². The van der Waals surface area contributed by atoms with Crippen LogP contribution in [0, 0.1) is 12.3 Å². The summed E-state index contributed by atoms with van der Waals surface area (Å²) in [4.78, 5) is 32.1. The van der Waals surface area contributed by atoms with Crippen molar-refractivity contribution >= 4 is 34.2 Å². The number of fused-ring (bicyclic) bond motifs is 2. The summed E-state index contributed by atoms with van der Waals surface area (Å²) in [6, 6.07) is 20.5. The molecule has 1 aromatic heterocycles. The van der Waals surface area contributed by atoms with Gasteiger partial charge in [0.2, 0.25) is 0 Å². The van der Waals surface area contributed by atoms with E-state index in [0.29, 0.717) is 32.8 Å². The monoisotopic (exact) mass is 508 g/mol. The van der Waals surface area contributed by atoms with Crippen LogP contribution in [-0.4, -0.2) is 24.3 Å². The molecule has 1 aliphatic rings. The highest BCUT2D eigenvalue weighted by Crippen LogP contribution is 2.32. The Morgan fingerprint density at radius 1 is 1.14 bits per heavy atom. The first kappa shape index (κ1) is 24.3. The van der Waals surface area contributed by atoms with Crippen LogP contribution >= 0.6 is 11.3 Å². The molecular weight excluding hydrogens is 484 g/mol. The average Bonchev–Trinajstić information content (AvgIpc) is 3.25. The quantitative estimate of drug-likeness (QED) is 0.292. The lowest BCUT2D eigenvalue weighted by Crippen LogP contribution is -2.40. The zero-order valence-electron chi connectivity index (χ0n) is 20.4. The topological polar surface area (TPSA) is 69.9 Å². The third-order valence-electron chi connectivity index (χ3n) is 6.28. The number of allylic oxidation sites excluding steroid dienone is 1. The number of ether oxygens (including phenoxy) is 2. The molecule has 0 fully saturated rings. The third kappa shape index (κ3) is 4.37. The van der Waals surface area contributed by atoms with Gasteiger partial charge >= 0.3 is 5.97 Å². The first-order valence-corrected chi connectivity index (χ1v) is 12.6. The van der Waals surface area contributed by atoms with Gasteiger partial charge in [-0.1, -0.05) is 84.8 Å². The van der Waals surface area contributed by atoms with Crippen molar-refractivity contribution < 1.29 is 14.3 Å². The van der Waals surface area contributed by atoms with Gasteiger partial charge in [-0.05, 0) is 34.9 Å². The number of carbonyl (C=O) groups excluding carboxylic acids is 1. The highest BCUT2D eigenvalue weighted by Gasteiger charge is 2.33. The minimum atomic E-state index is -0.647. The van der Waals surface area contributed by atoms with Crippen molar-refractivity contribution in [2.45, 2.75) is 19.4 Å². The van der Waals surface area contributed by atoms with Crippen molar-refractivity contribution in [1.29, 1.82) is 0 Å². The fourth-order valence-corrected chi connectivity index (χ4v) is 5.62. The molecule has 6 nitrogen and oxygen atoms in total. The number of rotatable bonds is 6. The fourth-order valence-electron chi connectivity index (χ4n) is 4.62. The Hall–Kier alpha value is -4.41. The third-order valence-corrected chi connectivity index (χ3v) is 7.27. The Morgan fingerprint density at radius 2 is 1.89 bits per heavy atom.